The molecule has 0 saturated heterocycles. The van der Waals surface area contributed by atoms with Crippen molar-refractivity contribution in [2.45, 2.75) is 84.7 Å². The molecule has 36 heavy (non-hydrogen) atoms. The van der Waals surface area contributed by atoms with Crippen LogP contribution in [-0.2, 0) is 17.8 Å². The van der Waals surface area contributed by atoms with Crippen molar-refractivity contribution in [3.8, 4) is 17.0 Å². The Morgan fingerprint density at radius 3 is 2.03 bits per heavy atom. The number of hydrogen-bond donors (Lipinski definition) is 0. The molecule has 0 aliphatic rings. The predicted molar refractivity (Wildman–Crippen MR) is 147 cm³/mol. The van der Waals surface area contributed by atoms with Gasteiger partial charge in [-0.15, -0.1) is 0 Å². The molecule has 0 fully saturated rings. The molecule has 192 valence electrons. The first-order chi connectivity index (χ1) is 17.7. The molecular weight excluding hydrogens is 446 g/mol. The minimum Gasteiger partial charge on any atom is -0.423 e. The summed E-state index contributed by atoms with van der Waals surface area (Å²) in [4.78, 5) is 17.1. The summed E-state index contributed by atoms with van der Waals surface area (Å²) in [5, 5.41) is 0. The van der Waals surface area contributed by atoms with Gasteiger partial charge in [-0.3, -0.25) is 4.98 Å². The summed E-state index contributed by atoms with van der Waals surface area (Å²) in [5.41, 5.74) is 4.75. The number of carbonyl (C=O) groups is 1. The smallest absolute Gasteiger partial charge is 0.343 e. The van der Waals surface area contributed by atoms with Crippen LogP contribution in [0.1, 0.15) is 93.1 Å². The lowest BCUT2D eigenvalue weighted by Crippen LogP contribution is -2.08. The zero-order chi connectivity index (χ0) is 25.4. The van der Waals surface area contributed by atoms with E-state index in [1.165, 1.54) is 56.9 Å². The third-order valence-electron chi connectivity index (χ3n) is 6.31. The molecule has 4 heteroatoms. The molecule has 3 rings (SSSR count). The van der Waals surface area contributed by atoms with Crippen LogP contribution in [0.15, 0.2) is 66.9 Å². The van der Waals surface area contributed by atoms with Crippen LogP contribution in [0.5, 0.6) is 5.75 Å². The summed E-state index contributed by atoms with van der Waals surface area (Å²) in [5.74, 6) is 0.187. The zero-order valence-corrected chi connectivity index (χ0v) is 22.0. The summed E-state index contributed by atoms with van der Waals surface area (Å²) < 4.78 is 11.1. The Labute approximate surface area is 217 Å². The van der Waals surface area contributed by atoms with Crippen molar-refractivity contribution < 1.29 is 14.3 Å². The lowest BCUT2D eigenvalue weighted by molar-refractivity contribution is 0.0734. The monoisotopic (exact) mass is 487 g/mol. The van der Waals surface area contributed by atoms with Crippen molar-refractivity contribution in [3.63, 3.8) is 0 Å². The van der Waals surface area contributed by atoms with Crippen LogP contribution in [0.25, 0.3) is 11.3 Å². The van der Waals surface area contributed by atoms with Crippen LogP contribution >= 0.6 is 0 Å². The van der Waals surface area contributed by atoms with Gasteiger partial charge < -0.3 is 9.47 Å². The van der Waals surface area contributed by atoms with Gasteiger partial charge in [-0.1, -0.05) is 77.0 Å². The van der Waals surface area contributed by atoms with Gasteiger partial charge in [0.15, 0.2) is 0 Å². The third kappa shape index (κ3) is 9.58. The Hall–Kier alpha value is -2.98. The van der Waals surface area contributed by atoms with Crippen molar-refractivity contribution in [2.75, 3.05) is 6.61 Å². The summed E-state index contributed by atoms with van der Waals surface area (Å²) in [7, 11) is 0. The van der Waals surface area contributed by atoms with Gasteiger partial charge in [-0.2, -0.15) is 0 Å². The number of esters is 1. The average molecular weight is 488 g/mol. The maximum Gasteiger partial charge on any atom is 0.343 e. The van der Waals surface area contributed by atoms with Crippen molar-refractivity contribution in [1.82, 2.24) is 4.98 Å². The Balaban J connectivity index is 1.42. The first-order valence-corrected chi connectivity index (χ1v) is 13.6. The Bertz CT molecular complexity index is 1010. The first kappa shape index (κ1) is 27.6. The van der Waals surface area contributed by atoms with E-state index in [0.29, 0.717) is 17.9 Å². The second-order valence-electron chi connectivity index (χ2n) is 9.44. The molecule has 0 atom stereocenters. The number of carbonyl (C=O) groups excluding carboxylic acids is 1. The normalized spacial score (nSPS) is 10.9. The number of hydrogen-bond acceptors (Lipinski definition) is 4. The molecule has 0 N–H and O–H groups in total. The highest BCUT2D eigenvalue weighted by Crippen LogP contribution is 2.22. The van der Waals surface area contributed by atoms with Gasteiger partial charge in [0.25, 0.3) is 0 Å². The quantitative estimate of drug-likeness (QED) is 0.115. The average Bonchev–Trinajstić information content (AvgIpc) is 2.91. The van der Waals surface area contributed by atoms with Crippen molar-refractivity contribution >= 4 is 5.97 Å². The van der Waals surface area contributed by atoms with Gasteiger partial charge in [0.1, 0.15) is 5.75 Å². The fourth-order valence-electron chi connectivity index (χ4n) is 4.15. The highest BCUT2D eigenvalue weighted by Gasteiger charge is 2.09. The van der Waals surface area contributed by atoms with Crippen LogP contribution in [0, 0.1) is 0 Å². The Morgan fingerprint density at radius 2 is 1.39 bits per heavy atom. The number of rotatable bonds is 16. The molecule has 2 aromatic carbocycles. The van der Waals surface area contributed by atoms with Gasteiger partial charge in [0.05, 0.1) is 17.9 Å². The minimum atomic E-state index is -0.337. The molecule has 0 radical (unpaired) electrons. The summed E-state index contributed by atoms with van der Waals surface area (Å²) in [6.45, 7) is 5.69. The highest BCUT2D eigenvalue weighted by atomic mass is 16.5. The number of aromatic nitrogens is 1. The van der Waals surface area contributed by atoms with E-state index >= 15 is 0 Å². The number of nitrogens with zero attached hydrogens (tertiary/aromatic N) is 1. The molecule has 0 amide bonds. The molecule has 0 spiro atoms. The number of pyridine rings is 1. The number of unbranched alkanes of at least 4 members (excludes halogenated alkanes) is 7. The maximum atomic E-state index is 12.6. The molecular formula is C32H41NO3. The minimum absolute atomic E-state index is 0.337. The van der Waals surface area contributed by atoms with Crippen LogP contribution in [0.3, 0.4) is 0 Å². The van der Waals surface area contributed by atoms with Gasteiger partial charge in [-0.05, 0) is 72.9 Å². The van der Waals surface area contributed by atoms with Gasteiger partial charge >= 0.3 is 5.97 Å². The van der Waals surface area contributed by atoms with E-state index < -0.39 is 0 Å². The van der Waals surface area contributed by atoms with E-state index in [9.17, 15) is 4.79 Å². The lowest BCUT2D eigenvalue weighted by Gasteiger charge is -2.08. The fourth-order valence-corrected chi connectivity index (χ4v) is 4.15. The molecule has 4 nitrogen and oxygen atoms in total. The van der Waals surface area contributed by atoms with Crippen LogP contribution in [-0.4, -0.2) is 17.6 Å². The van der Waals surface area contributed by atoms with Crippen molar-refractivity contribution in [3.05, 3.63) is 83.6 Å². The van der Waals surface area contributed by atoms with Crippen molar-refractivity contribution in [1.29, 1.82) is 0 Å². The Kier molecular flexibility index (Phi) is 12.2. The van der Waals surface area contributed by atoms with Crippen LogP contribution in [0.4, 0.5) is 0 Å². The second-order valence-corrected chi connectivity index (χ2v) is 9.44. The maximum absolute atomic E-state index is 12.6. The molecule has 1 aromatic heterocycles. The van der Waals surface area contributed by atoms with Crippen LogP contribution < -0.4 is 4.74 Å². The van der Waals surface area contributed by atoms with E-state index in [4.69, 9.17) is 9.47 Å². The summed E-state index contributed by atoms with van der Waals surface area (Å²) >= 11 is 0. The molecule has 0 bridgehead atoms. The Morgan fingerprint density at radius 1 is 0.722 bits per heavy atom. The van der Waals surface area contributed by atoms with Gasteiger partial charge in [0.2, 0.25) is 0 Å². The molecule has 3 aromatic rings. The van der Waals surface area contributed by atoms with E-state index in [2.05, 4.69) is 18.8 Å². The first-order valence-electron chi connectivity index (χ1n) is 13.6. The number of aryl methyl sites for hydroxylation is 1. The highest BCUT2D eigenvalue weighted by molar-refractivity contribution is 5.91. The fraction of sp³-hybridized carbons (Fsp3) is 0.438. The molecule has 0 unspecified atom stereocenters. The van der Waals surface area contributed by atoms with E-state index in [1.54, 1.807) is 0 Å². The largest absolute Gasteiger partial charge is 0.423 e. The van der Waals surface area contributed by atoms with Gasteiger partial charge in [-0.25, -0.2) is 4.79 Å². The summed E-state index contributed by atoms with van der Waals surface area (Å²) in [6, 6.07) is 19.3. The summed E-state index contributed by atoms with van der Waals surface area (Å²) in [6.07, 6.45) is 14.5. The number of ether oxygens (including phenoxy) is 2. The third-order valence-corrected chi connectivity index (χ3v) is 6.31. The molecule has 1 heterocycles. The number of benzene rings is 2. The molecule has 0 saturated carbocycles. The molecule has 0 aliphatic carbocycles. The van der Waals surface area contributed by atoms with Gasteiger partial charge in [0, 0.05) is 18.4 Å². The SMILES string of the molecule is CCCCCCCCCCc1ccc(C(=O)Oc2ccc(-c3ccc(COCCC)cn3)cc2)cc1. The topological polar surface area (TPSA) is 48.4 Å². The van der Waals surface area contributed by atoms with Crippen molar-refractivity contribution in [2.24, 2.45) is 0 Å². The van der Waals surface area contributed by atoms with E-state index in [1.807, 2.05) is 66.9 Å². The van der Waals surface area contributed by atoms with E-state index in [-0.39, 0.29) is 5.97 Å². The lowest BCUT2D eigenvalue weighted by atomic mass is 10.0. The molecule has 0 aliphatic heterocycles. The predicted octanol–water partition coefficient (Wildman–Crippen LogP) is 8.58. The second kappa shape index (κ2) is 15.9. The van der Waals surface area contributed by atoms with Crippen LogP contribution in [0.2, 0.25) is 0 Å². The van der Waals surface area contributed by atoms with E-state index in [0.717, 1.165) is 36.3 Å². The zero-order valence-electron chi connectivity index (χ0n) is 22.0. The standard InChI is InChI=1S/C32H41NO3/c1-3-5-6-7-8-9-10-11-12-26-13-16-29(17-14-26)32(34)36-30-20-18-28(19-21-30)31-22-15-27(24-33-31)25-35-23-4-2/h13-22,24H,3-12,23,25H2,1-2H3.